The summed E-state index contributed by atoms with van der Waals surface area (Å²) in [6.45, 7) is 1.76. The summed E-state index contributed by atoms with van der Waals surface area (Å²) in [7, 11) is 0. The molecule has 0 saturated heterocycles. The Morgan fingerprint density at radius 3 is 2.64 bits per heavy atom. The number of carbonyl (C=O) groups excluding carboxylic acids is 1. The second-order valence-corrected chi connectivity index (χ2v) is 5.51. The van der Waals surface area contributed by atoms with E-state index in [4.69, 9.17) is 0 Å². The van der Waals surface area contributed by atoms with E-state index in [-0.39, 0.29) is 5.69 Å². The van der Waals surface area contributed by atoms with Crippen LogP contribution in [0.15, 0.2) is 41.1 Å². The van der Waals surface area contributed by atoms with Crippen molar-refractivity contribution in [2.24, 2.45) is 0 Å². The van der Waals surface area contributed by atoms with E-state index in [1.165, 1.54) is 29.1 Å². The van der Waals surface area contributed by atoms with Crippen molar-refractivity contribution in [1.29, 1.82) is 0 Å². The van der Waals surface area contributed by atoms with Crippen molar-refractivity contribution < 1.29 is 18.0 Å². The Labute approximate surface area is 133 Å². The first-order valence-electron chi connectivity index (χ1n) is 6.49. The quantitative estimate of drug-likeness (QED) is 0.867. The number of anilines is 1. The molecule has 0 aliphatic rings. The third kappa shape index (κ3) is 3.68. The van der Waals surface area contributed by atoms with Crippen LogP contribution < -0.4 is 5.32 Å². The average molecular weight is 376 g/mol. The molecule has 0 fully saturated rings. The molecule has 1 unspecified atom stereocenters. The van der Waals surface area contributed by atoms with Gasteiger partial charge in [0, 0.05) is 6.20 Å². The van der Waals surface area contributed by atoms with Crippen LogP contribution in [-0.4, -0.2) is 15.7 Å². The highest BCUT2D eigenvalue weighted by atomic mass is 79.9. The molecule has 4 nitrogen and oxygen atoms in total. The van der Waals surface area contributed by atoms with E-state index in [1.807, 2.05) is 0 Å². The van der Waals surface area contributed by atoms with Crippen molar-refractivity contribution in [2.45, 2.75) is 25.6 Å². The number of rotatable bonds is 4. The van der Waals surface area contributed by atoms with Gasteiger partial charge in [0.2, 0.25) is 5.91 Å². The summed E-state index contributed by atoms with van der Waals surface area (Å²) in [5.74, 6) is -0.546. The van der Waals surface area contributed by atoms with Gasteiger partial charge in [0.1, 0.15) is 6.04 Å². The van der Waals surface area contributed by atoms with Gasteiger partial charge in [-0.25, -0.2) is 0 Å². The predicted octanol–water partition coefficient (Wildman–Crippen LogP) is 4.25. The standard InChI is InChI=1S/C14H13BrF3N3O/c1-2-12(21-8-9(15)7-19-21)13(22)20-11-6-4-3-5-10(11)14(16,17)18/h3-8,12H,2H2,1H3,(H,20,22). The molecule has 2 aromatic rings. The Morgan fingerprint density at radius 1 is 1.41 bits per heavy atom. The number of benzene rings is 1. The molecule has 1 aromatic carbocycles. The zero-order valence-corrected chi connectivity index (χ0v) is 13.1. The molecule has 0 saturated carbocycles. The summed E-state index contributed by atoms with van der Waals surface area (Å²) >= 11 is 3.22. The van der Waals surface area contributed by atoms with Crippen LogP contribution in [0.1, 0.15) is 24.9 Å². The van der Waals surface area contributed by atoms with Crippen molar-refractivity contribution in [3.8, 4) is 0 Å². The summed E-state index contributed by atoms with van der Waals surface area (Å²) in [6.07, 6.45) is -1.02. The van der Waals surface area contributed by atoms with E-state index in [9.17, 15) is 18.0 Å². The summed E-state index contributed by atoms with van der Waals surface area (Å²) in [6, 6.07) is 4.19. The molecular weight excluding hydrogens is 363 g/mol. The Balaban J connectivity index is 2.25. The lowest BCUT2D eigenvalue weighted by Gasteiger charge is -2.18. The lowest BCUT2D eigenvalue weighted by molar-refractivity contribution is -0.137. The largest absolute Gasteiger partial charge is 0.418 e. The van der Waals surface area contributed by atoms with Crippen LogP contribution in [0.4, 0.5) is 18.9 Å². The van der Waals surface area contributed by atoms with Gasteiger partial charge in [-0.2, -0.15) is 18.3 Å². The Bertz CT molecular complexity index is 669. The number of nitrogens with zero attached hydrogens (tertiary/aromatic N) is 2. The molecule has 1 heterocycles. The molecule has 1 N–H and O–H groups in total. The van der Waals surface area contributed by atoms with Crippen molar-refractivity contribution in [1.82, 2.24) is 9.78 Å². The van der Waals surface area contributed by atoms with E-state index in [1.54, 1.807) is 13.1 Å². The predicted molar refractivity (Wildman–Crippen MR) is 79.3 cm³/mol. The maximum absolute atomic E-state index is 12.9. The van der Waals surface area contributed by atoms with Crippen LogP contribution in [0.3, 0.4) is 0 Å². The number of hydrogen-bond donors (Lipinski definition) is 1. The number of alkyl halides is 3. The molecule has 0 spiro atoms. The van der Waals surface area contributed by atoms with Crippen molar-refractivity contribution in [2.75, 3.05) is 5.32 Å². The molecule has 0 aliphatic heterocycles. The first-order valence-corrected chi connectivity index (χ1v) is 7.29. The van der Waals surface area contributed by atoms with Crippen molar-refractivity contribution in [3.05, 3.63) is 46.7 Å². The van der Waals surface area contributed by atoms with Crippen molar-refractivity contribution in [3.63, 3.8) is 0 Å². The van der Waals surface area contributed by atoms with Gasteiger partial charge in [0.05, 0.1) is 21.9 Å². The number of amides is 1. The van der Waals surface area contributed by atoms with Gasteiger partial charge in [-0.15, -0.1) is 0 Å². The number of carbonyl (C=O) groups is 1. The topological polar surface area (TPSA) is 46.9 Å². The number of aromatic nitrogens is 2. The van der Waals surface area contributed by atoms with Crippen LogP contribution in [0.5, 0.6) is 0 Å². The lowest BCUT2D eigenvalue weighted by atomic mass is 10.1. The fourth-order valence-electron chi connectivity index (χ4n) is 2.03. The summed E-state index contributed by atoms with van der Waals surface area (Å²) in [5.41, 5.74) is -1.13. The van der Waals surface area contributed by atoms with E-state index < -0.39 is 23.7 Å². The molecule has 118 valence electrons. The third-order valence-corrected chi connectivity index (χ3v) is 3.48. The maximum Gasteiger partial charge on any atom is 0.418 e. The van der Waals surface area contributed by atoms with Gasteiger partial charge in [-0.05, 0) is 34.5 Å². The minimum atomic E-state index is -4.53. The van der Waals surface area contributed by atoms with Crippen LogP contribution in [0, 0.1) is 0 Å². The van der Waals surface area contributed by atoms with Crippen LogP contribution >= 0.6 is 15.9 Å². The van der Waals surface area contributed by atoms with Crippen LogP contribution in [-0.2, 0) is 11.0 Å². The Kier molecular flexibility index (Phi) is 4.90. The highest BCUT2D eigenvalue weighted by Crippen LogP contribution is 2.34. The van der Waals surface area contributed by atoms with Gasteiger partial charge in [0.25, 0.3) is 0 Å². The molecule has 1 aromatic heterocycles. The molecule has 1 atom stereocenters. The van der Waals surface area contributed by atoms with Crippen molar-refractivity contribution >= 4 is 27.5 Å². The fourth-order valence-corrected chi connectivity index (χ4v) is 2.33. The van der Waals surface area contributed by atoms with E-state index in [0.29, 0.717) is 10.9 Å². The minimum absolute atomic E-state index is 0.260. The van der Waals surface area contributed by atoms with Crippen LogP contribution in [0.25, 0.3) is 0 Å². The molecule has 0 aliphatic carbocycles. The van der Waals surface area contributed by atoms with Gasteiger partial charge < -0.3 is 5.32 Å². The molecular formula is C14H13BrF3N3O. The summed E-state index contributed by atoms with van der Waals surface area (Å²) in [4.78, 5) is 12.3. The normalized spacial score (nSPS) is 13.0. The third-order valence-electron chi connectivity index (χ3n) is 3.07. The molecule has 2 rings (SSSR count). The minimum Gasteiger partial charge on any atom is -0.324 e. The fraction of sp³-hybridized carbons (Fsp3) is 0.286. The zero-order chi connectivity index (χ0) is 16.3. The Hall–Kier alpha value is -1.83. The monoisotopic (exact) mass is 375 g/mol. The maximum atomic E-state index is 12.9. The first kappa shape index (κ1) is 16.5. The van der Waals surface area contributed by atoms with Gasteiger partial charge in [0.15, 0.2) is 0 Å². The summed E-state index contributed by atoms with van der Waals surface area (Å²) in [5, 5.41) is 6.35. The van der Waals surface area contributed by atoms with E-state index >= 15 is 0 Å². The molecule has 0 radical (unpaired) electrons. The molecule has 0 bridgehead atoms. The number of para-hydroxylation sites is 1. The highest BCUT2D eigenvalue weighted by molar-refractivity contribution is 9.10. The van der Waals surface area contributed by atoms with Gasteiger partial charge in [-0.1, -0.05) is 19.1 Å². The molecule has 22 heavy (non-hydrogen) atoms. The van der Waals surface area contributed by atoms with Gasteiger partial charge >= 0.3 is 6.18 Å². The SMILES string of the molecule is CCC(C(=O)Nc1ccccc1C(F)(F)F)n1cc(Br)cn1. The summed E-state index contributed by atoms with van der Waals surface area (Å²) < 4.78 is 40.9. The lowest BCUT2D eigenvalue weighted by Crippen LogP contribution is -2.27. The van der Waals surface area contributed by atoms with E-state index in [0.717, 1.165) is 6.07 Å². The molecule has 8 heteroatoms. The second kappa shape index (κ2) is 6.51. The number of halogens is 4. The first-order chi connectivity index (χ1) is 10.3. The highest BCUT2D eigenvalue weighted by Gasteiger charge is 2.34. The second-order valence-electron chi connectivity index (χ2n) is 4.60. The number of nitrogens with one attached hydrogen (secondary N) is 1. The molecule has 1 amide bonds. The Morgan fingerprint density at radius 2 is 2.09 bits per heavy atom. The van der Waals surface area contributed by atoms with Gasteiger partial charge in [-0.3, -0.25) is 9.48 Å². The average Bonchev–Trinajstić information content (AvgIpc) is 2.85. The zero-order valence-electron chi connectivity index (χ0n) is 11.6. The smallest absolute Gasteiger partial charge is 0.324 e. The van der Waals surface area contributed by atoms with E-state index in [2.05, 4.69) is 26.3 Å². The number of hydrogen-bond acceptors (Lipinski definition) is 2. The van der Waals surface area contributed by atoms with Crippen LogP contribution in [0.2, 0.25) is 0 Å².